The van der Waals surface area contributed by atoms with Crippen molar-refractivity contribution in [1.82, 2.24) is 10.2 Å². The van der Waals surface area contributed by atoms with Crippen molar-refractivity contribution >= 4 is 5.69 Å². The molecular weight excluding hydrogens is 317 g/mol. The van der Waals surface area contributed by atoms with E-state index in [-0.39, 0.29) is 11.9 Å². The van der Waals surface area contributed by atoms with Crippen molar-refractivity contribution in [2.45, 2.75) is 6.04 Å². The van der Waals surface area contributed by atoms with Gasteiger partial charge in [-0.15, -0.1) is 0 Å². The van der Waals surface area contributed by atoms with Crippen molar-refractivity contribution in [1.29, 1.82) is 0 Å². The van der Waals surface area contributed by atoms with Gasteiger partial charge in [-0.3, -0.25) is 4.90 Å². The molecule has 0 aliphatic carbocycles. The summed E-state index contributed by atoms with van der Waals surface area (Å²) in [6.45, 7) is 3.70. The minimum absolute atomic E-state index is 0.0241. The number of nitrogens with one attached hydrogen (secondary N) is 1. The SMILES string of the molecule is COc1ccc(F)cc1C(c1ccc(N(C)C)cc1)N1CCNCC1. The second-order valence-corrected chi connectivity index (χ2v) is 6.56. The summed E-state index contributed by atoms with van der Waals surface area (Å²) in [5.41, 5.74) is 3.17. The average Bonchev–Trinajstić information content (AvgIpc) is 2.63. The quantitative estimate of drug-likeness (QED) is 0.903. The predicted molar refractivity (Wildman–Crippen MR) is 100 cm³/mol. The summed E-state index contributed by atoms with van der Waals surface area (Å²) in [6.07, 6.45) is 0. The topological polar surface area (TPSA) is 27.7 Å². The van der Waals surface area contributed by atoms with Crippen molar-refractivity contribution in [3.8, 4) is 5.75 Å². The van der Waals surface area contributed by atoms with E-state index in [4.69, 9.17) is 4.74 Å². The highest BCUT2D eigenvalue weighted by Crippen LogP contribution is 2.36. The zero-order chi connectivity index (χ0) is 17.8. The fraction of sp³-hybridized carbons (Fsp3) is 0.400. The normalized spacial score (nSPS) is 16.5. The Balaban J connectivity index is 2.05. The molecule has 1 aliphatic rings. The molecule has 0 saturated carbocycles. The zero-order valence-electron chi connectivity index (χ0n) is 15.1. The van der Waals surface area contributed by atoms with Gasteiger partial charge in [-0.2, -0.15) is 0 Å². The first-order valence-electron chi connectivity index (χ1n) is 8.65. The Labute approximate surface area is 149 Å². The third kappa shape index (κ3) is 3.94. The summed E-state index contributed by atoms with van der Waals surface area (Å²) >= 11 is 0. The fourth-order valence-electron chi connectivity index (χ4n) is 3.40. The van der Waals surface area contributed by atoms with Gasteiger partial charge in [0.05, 0.1) is 13.2 Å². The van der Waals surface area contributed by atoms with E-state index in [1.54, 1.807) is 19.2 Å². The smallest absolute Gasteiger partial charge is 0.124 e. The molecule has 3 rings (SSSR count). The Kier molecular flexibility index (Phi) is 5.56. The Hall–Kier alpha value is -2.11. The van der Waals surface area contributed by atoms with Crippen LogP contribution in [0, 0.1) is 5.82 Å². The Morgan fingerprint density at radius 3 is 2.36 bits per heavy atom. The Morgan fingerprint density at radius 2 is 1.76 bits per heavy atom. The summed E-state index contributed by atoms with van der Waals surface area (Å²) in [5.74, 6) is 0.488. The van der Waals surface area contributed by atoms with Gasteiger partial charge in [0.15, 0.2) is 0 Å². The number of anilines is 1. The first-order valence-corrected chi connectivity index (χ1v) is 8.65. The largest absolute Gasteiger partial charge is 0.496 e. The molecule has 0 amide bonds. The lowest BCUT2D eigenvalue weighted by atomic mass is 9.95. The molecular formula is C20H26FN3O. The number of ether oxygens (including phenoxy) is 1. The molecule has 0 bridgehead atoms. The van der Waals surface area contributed by atoms with Gasteiger partial charge in [-0.25, -0.2) is 4.39 Å². The van der Waals surface area contributed by atoms with E-state index >= 15 is 0 Å². The van der Waals surface area contributed by atoms with E-state index in [1.807, 2.05) is 14.1 Å². The molecule has 134 valence electrons. The molecule has 2 aromatic carbocycles. The van der Waals surface area contributed by atoms with Crippen molar-refractivity contribution in [2.75, 3.05) is 52.3 Å². The first kappa shape index (κ1) is 17.7. The number of benzene rings is 2. The average molecular weight is 343 g/mol. The van der Waals surface area contributed by atoms with Crippen molar-refractivity contribution in [3.63, 3.8) is 0 Å². The first-order chi connectivity index (χ1) is 12.1. The maximum Gasteiger partial charge on any atom is 0.124 e. The Morgan fingerprint density at radius 1 is 1.08 bits per heavy atom. The molecule has 1 saturated heterocycles. The maximum absolute atomic E-state index is 14.0. The molecule has 2 aromatic rings. The van der Waals surface area contributed by atoms with E-state index in [2.05, 4.69) is 39.4 Å². The lowest BCUT2D eigenvalue weighted by Gasteiger charge is -2.36. The second-order valence-electron chi connectivity index (χ2n) is 6.56. The lowest BCUT2D eigenvalue weighted by Crippen LogP contribution is -2.45. The second kappa shape index (κ2) is 7.85. The van der Waals surface area contributed by atoms with Gasteiger partial charge in [0.1, 0.15) is 11.6 Å². The van der Waals surface area contributed by atoms with E-state index in [1.165, 1.54) is 6.07 Å². The monoisotopic (exact) mass is 343 g/mol. The van der Waals surface area contributed by atoms with Gasteiger partial charge in [0.25, 0.3) is 0 Å². The van der Waals surface area contributed by atoms with Gasteiger partial charge in [-0.1, -0.05) is 12.1 Å². The van der Waals surface area contributed by atoms with Crippen LogP contribution in [0.15, 0.2) is 42.5 Å². The molecule has 1 atom stereocenters. The van der Waals surface area contributed by atoms with Crippen molar-refractivity contribution in [2.24, 2.45) is 0 Å². The van der Waals surface area contributed by atoms with Gasteiger partial charge in [0, 0.05) is 51.5 Å². The predicted octanol–water partition coefficient (Wildman–Crippen LogP) is 2.89. The maximum atomic E-state index is 14.0. The fourth-order valence-corrected chi connectivity index (χ4v) is 3.40. The van der Waals surface area contributed by atoms with E-state index in [0.717, 1.165) is 48.7 Å². The lowest BCUT2D eigenvalue weighted by molar-refractivity contribution is 0.195. The molecule has 0 aromatic heterocycles. The van der Waals surface area contributed by atoms with Gasteiger partial charge < -0.3 is 15.0 Å². The van der Waals surface area contributed by atoms with Crippen LogP contribution in [-0.2, 0) is 0 Å². The summed E-state index contributed by atoms with van der Waals surface area (Å²) in [5, 5.41) is 3.38. The molecule has 1 fully saturated rings. The summed E-state index contributed by atoms with van der Waals surface area (Å²) in [4.78, 5) is 4.46. The third-order valence-corrected chi connectivity index (χ3v) is 4.73. The molecule has 1 heterocycles. The van der Waals surface area contributed by atoms with E-state index < -0.39 is 0 Å². The number of halogens is 1. The van der Waals surface area contributed by atoms with Crippen LogP contribution in [0.25, 0.3) is 0 Å². The summed E-state index contributed by atoms with van der Waals surface area (Å²) < 4.78 is 19.5. The molecule has 5 heteroatoms. The van der Waals surface area contributed by atoms with Gasteiger partial charge >= 0.3 is 0 Å². The highest BCUT2D eigenvalue weighted by Gasteiger charge is 2.27. The van der Waals surface area contributed by atoms with Crippen LogP contribution >= 0.6 is 0 Å². The summed E-state index contributed by atoms with van der Waals surface area (Å²) in [6, 6.07) is 13.2. The highest BCUT2D eigenvalue weighted by atomic mass is 19.1. The van der Waals surface area contributed by atoms with E-state index in [0.29, 0.717) is 0 Å². The molecule has 1 unspecified atom stereocenters. The minimum atomic E-state index is -0.235. The molecule has 0 spiro atoms. The molecule has 0 radical (unpaired) electrons. The van der Waals surface area contributed by atoms with Gasteiger partial charge in [0.2, 0.25) is 0 Å². The van der Waals surface area contributed by atoms with Crippen LogP contribution in [0.5, 0.6) is 5.75 Å². The van der Waals surface area contributed by atoms with Crippen molar-refractivity contribution in [3.05, 3.63) is 59.4 Å². The number of piperazine rings is 1. The third-order valence-electron chi connectivity index (χ3n) is 4.73. The summed E-state index contributed by atoms with van der Waals surface area (Å²) in [7, 11) is 5.69. The molecule has 25 heavy (non-hydrogen) atoms. The van der Waals surface area contributed by atoms with Crippen molar-refractivity contribution < 1.29 is 9.13 Å². The van der Waals surface area contributed by atoms with Crippen LogP contribution in [0.2, 0.25) is 0 Å². The molecule has 1 N–H and O–H groups in total. The van der Waals surface area contributed by atoms with Crippen LogP contribution in [0.3, 0.4) is 0 Å². The van der Waals surface area contributed by atoms with Crippen LogP contribution in [0.4, 0.5) is 10.1 Å². The van der Waals surface area contributed by atoms with Crippen LogP contribution in [0.1, 0.15) is 17.2 Å². The minimum Gasteiger partial charge on any atom is -0.496 e. The highest BCUT2D eigenvalue weighted by molar-refractivity contribution is 5.49. The standard InChI is InChI=1S/C20H26FN3O/c1-23(2)17-7-4-15(5-8-17)20(24-12-10-22-11-13-24)18-14-16(21)6-9-19(18)25-3/h4-9,14,20,22H,10-13H2,1-3H3. The number of nitrogens with zero attached hydrogens (tertiary/aromatic N) is 2. The Bertz CT molecular complexity index is 697. The van der Waals surface area contributed by atoms with E-state index in [9.17, 15) is 4.39 Å². The number of hydrogen-bond acceptors (Lipinski definition) is 4. The zero-order valence-corrected chi connectivity index (χ0v) is 15.1. The van der Waals surface area contributed by atoms with Crippen LogP contribution < -0.4 is 15.0 Å². The number of rotatable bonds is 5. The van der Waals surface area contributed by atoms with Crippen LogP contribution in [-0.4, -0.2) is 52.3 Å². The molecule has 4 nitrogen and oxygen atoms in total. The molecule has 1 aliphatic heterocycles. The number of hydrogen-bond donors (Lipinski definition) is 1. The number of methoxy groups -OCH3 is 1. The van der Waals surface area contributed by atoms with Gasteiger partial charge in [-0.05, 0) is 35.9 Å².